The van der Waals surface area contributed by atoms with Crippen molar-refractivity contribution < 1.29 is 0 Å². The predicted molar refractivity (Wildman–Crippen MR) is 94.2 cm³/mol. The van der Waals surface area contributed by atoms with Gasteiger partial charge in [-0.1, -0.05) is 67.2 Å². The van der Waals surface area contributed by atoms with Gasteiger partial charge in [-0.15, -0.1) is 0 Å². The van der Waals surface area contributed by atoms with E-state index in [4.69, 9.17) is 5.73 Å². The highest BCUT2D eigenvalue weighted by molar-refractivity contribution is 4.90. The van der Waals surface area contributed by atoms with Gasteiger partial charge in [-0.2, -0.15) is 0 Å². The zero-order chi connectivity index (χ0) is 16.0. The summed E-state index contributed by atoms with van der Waals surface area (Å²) >= 11 is 0. The highest BCUT2D eigenvalue weighted by Gasteiger charge is 2.35. The third kappa shape index (κ3) is 6.28. The molecule has 1 rings (SSSR count). The minimum absolute atomic E-state index is 0.168. The van der Waals surface area contributed by atoms with Crippen LogP contribution in [0.4, 0.5) is 0 Å². The van der Waals surface area contributed by atoms with Crippen molar-refractivity contribution in [2.45, 2.75) is 98.7 Å². The van der Waals surface area contributed by atoms with Crippen molar-refractivity contribution in [1.29, 1.82) is 0 Å². The molecule has 1 aliphatic carbocycles. The van der Waals surface area contributed by atoms with Gasteiger partial charge in [-0.3, -0.25) is 5.32 Å². The standard InChI is InChI=1S/C19H40N2/c1-7-15(13-12-14(2)3)18(20)21-17-11-9-8-10-16(17)19(4,5)6/h14-18,21H,7-13,20H2,1-6H3. The van der Waals surface area contributed by atoms with Crippen LogP contribution in [-0.4, -0.2) is 12.2 Å². The monoisotopic (exact) mass is 296 g/mol. The van der Waals surface area contributed by atoms with E-state index in [1.165, 1.54) is 44.9 Å². The van der Waals surface area contributed by atoms with Crippen LogP contribution < -0.4 is 11.1 Å². The smallest absolute Gasteiger partial charge is 0.0577 e. The summed E-state index contributed by atoms with van der Waals surface area (Å²) in [4.78, 5) is 0. The lowest BCUT2D eigenvalue weighted by Gasteiger charge is -2.43. The van der Waals surface area contributed by atoms with Crippen LogP contribution in [0.5, 0.6) is 0 Å². The topological polar surface area (TPSA) is 38.0 Å². The van der Waals surface area contributed by atoms with Crippen molar-refractivity contribution in [3.8, 4) is 0 Å². The number of hydrogen-bond donors (Lipinski definition) is 2. The molecule has 0 heterocycles. The zero-order valence-electron chi connectivity index (χ0n) is 15.4. The summed E-state index contributed by atoms with van der Waals surface area (Å²) in [6.45, 7) is 14.1. The van der Waals surface area contributed by atoms with Crippen molar-refractivity contribution >= 4 is 0 Å². The van der Waals surface area contributed by atoms with Crippen LogP contribution in [0.25, 0.3) is 0 Å². The van der Waals surface area contributed by atoms with Gasteiger partial charge in [0.05, 0.1) is 6.17 Å². The largest absolute Gasteiger partial charge is 0.316 e. The molecule has 0 spiro atoms. The van der Waals surface area contributed by atoms with Gasteiger partial charge in [0.2, 0.25) is 0 Å². The SMILES string of the molecule is CCC(CCC(C)C)C(N)NC1CCCCC1C(C)(C)C. The Hall–Kier alpha value is -0.0800. The maximum atomic E-state index is 6.54. The van der Waals surface area contributed by atoms with Crippen molar-refractivity contribution in [3.63, 3.8) is 0 Å². The normalized spacial score (nSPS) is 26.9. The summed E-state index contributed by atoms with van der Waals surface area (Å²) in [5.41, 5.74) is 6.93. The Balaban J connectivity index is 2.58. The lowest BCUT2D eigenvalue weighted by Crippen LogP contribution is -2.54. The highest BCUT2D eigenvalue weighted by Crippen LogP contribution is 2.38. The van der Waals surface area contributed by atoms with Gasteiger partial charge < -0.3 is 5.73 Å². The Kier molecular flexibility index (Phi) is 7.70. The molecule has 2 heteroatoms. The molecule has 0 saturated heterocycles. The number of rotatable bonds is 7. The summed E-state index contributed by atoms with van der Waals surface area (Å²) in [5, 5.41) is 3.83. The van der Waals surface area contributed by atoms with Gasteiger partial charge in [-0.25, -0.2) is 0 Å². The Morgan fingerprint density at radius 3 is 2.24 bits per heavy atom. The molecule has 0 aromatic carbocycles. The zero-order valence-corrected chi connectivity index (χ0v) is 15.4. The fraction of sp³-hybridized carbons (Fsp3) is 1.00. The van der Waals surface area contributed by atoms with Crippen molar-refractivity contribution in [1.82, 2.24) is 5.32 Å². The molecule has 0 aliphatic heterocycles. The highest BCUT2D eigenvalue weighted by atomic mass is 15.1. The molecule has 1 aliphatic rings. The maximum absolute atomic E-state index is 6.54. The first-order chi connectivity index (χ1) is 9.75. The molecule has 1 fully saturated rings. The average molecular weight is 297 g/mol. The summed E-state index contributed by atoms with van der Waals surface area (Å²) < 4.78 is 0. The molecule has 21 heavy (non-hydrogen) atoms. The molecule has 4 unspecified atom stereocenters. The van der Waals surface area contributed by atoms with Crippen molar-refractivity contribution in [3.05, 3.63) is 0 Å². The lowest BCUT2D eigenvalue weighted by atomic mass is 9.69. The molecule has 0 radical (unpaired) electrons. The van der Waals surface area contributed by atoms with Gasteiger partial charge in [-0.05, 0) is 42.4 Å². The van der Waals surface area contributed by atoms with E-state index in [-0.39, 0.29) is 6.17 Å². The maximum Gasteiger partial charge on any atom is 0.0577 e. The van der Waals surface area contributed by atoms with Gasteiger partial charge in [0, 0.05) is 6.04 Å². The minimum Gasteiger partial charge on any atom is -0.316 e. The van der Waals surface area contributed by atoms with Gasteiger partial charge in [0.25, 0.3) is 0 Å². The lowest BCUT2D eigenvalue weighted by molar-refractivity contribution is 0.113. The van der Waals surface area contributed by atoms with E-state index in [2.05, 4.69) is 46.9 Å². The predicted octanol–water partition coefficient (Wildman–Crippen LogP) is 4.93. The Labute approximate surface area is 133 Å². The van der Waals surface area contributed by atoms with Crippen LogP contribution in [0.3, 0.4) is 0 Å². The number of nitrogens with one attached hydrogen (secondary N) is 1. The van der Waals surface area contributed by atoms with Crippen LogP contribution in [0.1, 0.15) is 86.5 Å². The minimum atomic E-state index is 0.168. The molecule has 4 atom stereocenters. The molecule has 0 amide bonds. The van der Waals surface area contributed by atoms with Gasteiger partial charge in [0.15, 0.2) is 0 Å². The summed E-state index contributed by atoms with van der Waals surface area (Å²) in [6.07, 6.45) is 9.32. The first-order valence-electron chi connectivity index (χ1n) is 9.27. The number of nitrogens with two attached hydrogens (primary N) is 1. The molecule has 2 nitrogen and oxygen atoms in total. The Bertz CT molecular complexity index is 280. The molecule has 1 saturated carbocycles. The summed E-state index contributed by atoms with van der Waals surface area (Å²) in [5.74, 6) is 2.16. The first-order valence-corrected chi connectivity index (χ1v) is 9.27. The Morgan fingerprint density at radius 2 is 1.71 bits per heavy atom. The van der Waals surface area contributed by atoms with Gasteiger partial charge >= 0.3 is 0 Å². The Morgan fingerprint density at radius 1 is 1.10 bits per heavy atom. The number of hydrogen-bond acceptors (Lipinski definition) is 2. The van der Waals surface area contributed by atoms with E-state index in [1.807, 2.05) is 0 Å². The first kappa shape index (κ1) is 19.0. The van der Waals surface area contributed by atoms with Crippen molar-refractivity contribution in [2.75, 3.05) is 0 Å². The summed E-state index contributed by atoms with van der Waals surface area (Å²) in [7, 11) is 0. The molecular weight excluding hydrogens is 256 g/mol. The molecule has 0 bridgehead atoms. The van der Waals surface area contributed by atoms with Crippen LogP contribution in [-0.2, 0) is 0 Å². The average Bonchev–Trinajstić information content (AvgIpc) is 2.38. The van der Waals surface area contributed by atoms with E-state index >= 15 is 0 Å². The third-order valence-corrected chi connectivity index (χ3v) is 5.43. The van der Waals surface area contributed by atoms with Gasteiger partial charge in [0.1, 0.15) is 0 Å². The van der Waals surface area contributed by atoms with E-state index in [0.717, 1.165) is 11.8 Å². The van der Waals surface area contributed by atoms with Crippen molar-refractivity contribution in [2.24, 2.45) is 28.9 Å². The van der Waals surface area contributed by atoms with E-state index in [1.54, 1.807) is 0 Å². The van der Waals surface area contributed by atoms with E-state index in [0.29, 0.717) is 17.4 Å². The molecule has 126 valence electrons. The quantitative estimate of drug-likeness (QED) is 0.654. The second-order valence-electron chi connectivity index (χ2n) is 8.70. The molecule has 3 N–H and O–H groups in total. The molecule has 0 aromatic rings. The van der Waals surface area contributed by atoms with Crippen LogP contribution >= 0.6 is 0 Å². The fourth-order valence-corrected chi connectivity index (χ4v) is 3.94. The van der Waals surface area contributed by atoms with Crippen LogP contribution in [0.2, 0.25) is 0 Å². The molecule has 0 aromatic heterocycles. The molecular formula is C19H40N2. The van der Waals surface area contributed by atoms with Crippen LogP contribution in [0, 0.1) is 23.2 Å². The van der Waals surface area contributed by atoms with E-state index < -0.39 is 0 Å². The second-order valence-corrected chi connectivity index (χ2v) is 8.70. The van der Waals surface area contributed by atoms with Crippen LogP contribution in [0.15, 0.2) is 0 Å². The summed E-state index contributed by atoms with van der Waals surface area (Å²) in [6, 6.07) is 0.613. The fourth-order valence-electron chi connectivity index (χ4n) is 3.94. The van der Waals surface area contributed by atoms with E-state index in [9.17, 15) is 0 Å². The second kappa shape index (κ2) is 8.53. The third-order valence-electron chi connectivity index (χ3n) is 5.43.